The molecule has 1 aromatic heterocycles. The maximum atomic E-state index is 12.5. The van der Waals surface area contributed by atoms with Crippen LogP contribution in [0.15, 0.2) is 12.1 Å². The Morgan fingerprint density at radius 1 is 1.38 bits per heavy atom. The van der Waals surface area contributed by atoms with Crippen LogP contribution in [-0.2, 0) is 16.1 Å². The Bertz CT molecular complexity index is 669. The number of carbonyl (C=O) groups is 3. The summed E-state index contributed by atoms with van der Waals surface area (Å²) < 4.78 is 0.687. The molecule has 0 radical (unpaired) electrons. The number of nitrogens with one attached hydrogen (secondary N) is 1. The van der Waals surface area contributed by atoms with Crippen molar-refractivity contribution in [2.24, 2.45) is 0 Å². The molecular formula is C16H20ClN3O3S. The van der Waals surface area contributed by atoms with Gasteiger partial charge in [0.25, 0.3) is 5.91 Å². The van der Waals surface area contributed by atoms with Gasteiger partial charge in [0, 0.05) is 24.9 Å². The van der Waals surface area contributed by atoms with Crippen molar-refractivity contribution in [1.82, 2.24) is 15.1 Å². The molecular weight excluding hydrogens is 350 g/mol. The lowest BCUT2D eigenvalue weighted by atomic mass is 9.98. The van der Waals surface area contributed by atoms with Crippen molar-refractivity contribution in [3.8, 4) is 0 Å². The molecule has 1 aliphatic heterocycles. The average molecular weight is 370 g/mol. The van der Waals surface area contributed by atoms with E-state index in [9.17, 15) is 14.4 Å². The number of carbonyl (C=O) groups excluding carboxylic acids is 3. The van der Waals surface area contributed by atoms with Crippen LogP contribution >= 0.6 is 22.9 Å². The second-order valence-electron chi connectivity index (χ2n) is 6.38. The first-order chi connectivity index (χ1) is 11.4. The van der Waals surface area contributed by atoms with Gasteiger partial charge in [0.2, 0.25) is 5.91 Å². The molecule has 1 saturated heterocycles. The number of imide groups is 1. The van der Waals surface area contributed by atoms with Gasteiger partial charge >= 0.3 is 6.03 Å². The van der Waals surface area contributed by atoms with Crippen molar-refractivity contribution in [1.29, 1.82) is 0 Å². The van der Waals surface area contributed by atoms with Crippen molar-refractivity contribution < 1.29 is 14.4 Å². The normalized spacial score (nSPS) is 19.2. The Labute approximate surface area is 149 Å². The summed E-state index contributed by atoms with van der Waals surface area (Å²) in [5.41, 5.74) is -0.709. The molecule has 1 saturated carbocycles. The van der Waals surface area contributed by atoms with E-state index in [2.05, 4.69) is 5.32 Å². The van der Waals surface area contributed by atoms with Crippen LogP contribution < -0.4 is 5.32 Å². The van der Waals surface area contributed by atoms with Crippen molar-refractivity contribution in [3.05, 3.63) is 21.3 Å². The number of hydrogen-bond acceptors (Lipinski definition) is 4. The SMILES string of the molecule is CN(Cc1ccc(Cl)s1)C(=O)CCN1C(=O)NC2(CCCC2)C1=O. The molecule has 1 N–H and O–H groups in total. The first kappa shape index (κ1) is 17.2. The molecule has 1 aromatic rings. The molecule has 1 aliphatic carbocycles. The fraction of sp³-hybridized carbons (Fsp3) is 0.562. The number of nitrogens with zero attached hydrogens (tertiary/aromatic N) is 2. The van der Waals surface area contributed by atoms with Crippen molar-refractivity contribution in [2.45, 2.75) is 44.2 Å². The van der Waals surface area contributed by atoms with Crippen LogP contribution in [-0.4, -0.2) is 46.8 Å². The van der Waals surface area contributed by atoms with E-state index >= 15 is 0 Å². The van der Waals surface area contributed by atoms with E-state index in [-0.39, 0.29) is 30.8 Å². The fourth-order valence-electron chi connectivity index (χ4n) is 3.35. The third kappa shape index (κ3) is 3.28. The van der Waals surface area contributed by atoms with Gasteiger partial charge in [-0.2, -0.15) is 0 Å². The summed E-state index contributed by atoms with van der Waals surface area (Å²) in [4.78, 5) is 40.6. The lowest BCUT2D eigenvalue weighted by Gasteiger charge is -2.21. The highest BCUT2D eigenvalue weighted by Crippen LogP contribution is 2.35. The monoisotopic (exact) mass is 369 g/mol. The molecule has 1 spiro atoms. The second kappa shape index (κ2) is 6.72. The standard InChI is InChI=1S/C16H20ClN3O3S/c1-19(10-11-4-5-12(17)24-11)13(21)6-9-20-14(22)16(18-15(20)23)7-2-3-8-16/h4-5H,2-3,6-10H2,1H3,(H,18,23). The zero-order valence-corrected chi connectivity index (χ0v) is 15.1. The molecule has 24 heavy (non-hydrogen) atoms. The van der Waals surface area contributed by atoms with Crippen LogP contribution in [0.3, 0.4) is 0 Å². The Hall–Kier alpha value is -1.60. The van der Waals surface area contributed by atoms with Gasteiger partial charge in [0.15, 0.2) is 0 Å². The van der Waals surface area contributed by atoms with Crippen LogP contribution in [0.1, 0.15) is 37.0 Å². The van der Waals surface area contributed by atoms with Gasteiger partial charge in [-0.3, -0.25) is 14.5 Å². The zero-order chi connectivity index (χ0) is 17.3. The van der Waals surface area contributed by atoms with Gasteiger partial charge in [-0.05, 0) is 25.0 Å². The summed E-state index contributed by atoms with van der Waals surface area (Å²) in [7, 11) is 1.71. The van der Waals surface area contributed by atoms with Crippen LogP contribution in [0.4, 0.5) is 4.79 Å². The largest absolute Gasteiger partial charge is 0.341 e. The average Bonchev–Trinajstić information content (AvgIpc) is 3.21. The second-order valence-corrected chi connectivity index (χ2v) is 8.18. The quantitative estimate of drug-likeness (QED) is 0.811. The molecule has 6 nitrogen and oxygen atoms in total. The molecule has 8 heteroatoms. The highest BCUT2D eigenvalue weighted by atomic mass is 35.5. The summed E-state index contributed by atoms with van der Waals surface area (Å²) in [6, 6.07) is 3.31. The molecule has 2 heterocycles. The smallest absolute Gasteiger partial charge is 0.325 e. The first-order valence-corrected chi connectivity index (χ1v) is 9.23. The lowest BCUT2D eigenvalue weighted by Crippen LogP contribution is -2.44. The van der Waals surface area contributed by atoms with E-state index in [0.29, 0.717) is 23.7 Å². The van der Waals surface area contributed by atoms with Gasteiger partial charge < -0.3 is 10.2 Å². The molecule has 2 fully saturated rings. The highest BCUT2D eigenvalue weighted by Gasteiger charge is 2.52. The Morgan fingerprint density at radius 2 is 2.08 bits per heavy atom. The van der Waals surface area contributed by atoms with Crippen LogP contribution in [0.25, 0.3) is 0 Å². The van der Waals surface area contributed by atoms with Gasteiger partial charge in [0.05, 0.1) is 10.9 Å². The molecule has 3 rings (SSSR count). The number of rotatable bonds is 5. The molecule has 0 bridgehead atoms. The summed E-state index contributed by atoms with van der Waals surface area (Å²) in [6.07, 6.45) is 3.42. The Kier molecular flexibility index (Phi) is 4.83. The van der Waals surface area contributed by atoms with E-state index < -0.39 is 5.54 Å². The summed E-state index contributed by atoms with van der Waals surface area (Å²) in [6.45, 7) is 0.598. The first-order valence-electron chi connectivity index (χ1n) is 8.03. The lowest BCUT2D eigenvalue weighted by molar-refractivity contribution is -0.133. The molecule has 4 amide bonds. The van der Waals surface area contributed by atoms with Crippen LogP contribution in [0.2, 0.25) is 4.34 Å². The zero-order valence-electron chi connectivity index (χ0n) is 13.5. The maximum absolute atomic E-state index is 12.5. The number of halogens is 1. The number of hydrogen-bond donors (Lipinski definition) is 1. The predicted octanol–water partition coefficient (Wildman–Crippen LogP) is 2.61. The molecule has 0 atom stereocenters. The van der Waals surface area contributed by atoms with Gasteiger partial charge in [0.1, 0.15) is 5.54 Å². The van der Waals surface area contributed by atoms with Crippen LogP contribution in [0, 0.1) is 0 Å². The number of thiophene rings is 1. The molecule has 0 unspecified atom stereocenters. The topological polar surface area (TPSA) is 69.7 Å². The third-order valence-electron chi connectivity index (χ3n) is 4.70. The van der Waals surface area contributed by atoms with E-state index in [1.807, 2.05) is 6.07 Å². The van der Waals surface area contributed by atoms with E-state index in [1.54, 1.807) is 18.0 Å². The number of amides is 4. The minimum Gasteiger partial charge on any atom is -0.341 e. The van der Waals surface area contributed by atoms with Crippen LogP contribution in [0.5, 0.6) is 0 Å². The van der Waals surface area contributed by atoms with E-state index in [4.69, 9.17) is 11.6 Å². The minimum absolute atomic E-state index is 0.104. The summed E-state index contributed by atoms with van der Waals surface area (Å²) in [5, 5.41) is 2.82. The Balaban J connectivity index is 1.54. The van der Waals surface area contributed by atoms with Crippen molar-refractivity contribution >= 4 is 40.8 Å². The predicted molar refractivity (Wildman–Crippen MR) is 91.9 cm³/mol. The van der Waals surface area contributed by atoms with Crippen molar-refractivity contribution in [2.75, 3.05) is 13.6 Å². The van der Waals surface area contributed by atoms with E-state index in [0.717, 1.165) is 17.7 Å². The third-order valence-corrected chi connectivity index (χ3v) is 5.92. The molecule has 130 valence electrons. The highest BCUT2D eigenvalue weighted by molar-refractivity contribution is 7.16. The Morgan fingerprint density at radius 3 is 2.71 bits per heavy atom. The minimum atomic E-state index is -0.709. The van der Waals surface area contributed by atoms with E-state index in [1.165, 1.54) is 16.2 Å². The summed E-state index contributed by atoms with van der Waals surface area (Å²) in [5.74, 6) is -0.280. The number of urea groups is 1. The summed E-state index contributed by atoms with van der Waals surface area (Å²) >= 11 is 7.32. The van der Waals surface area contributed by atoms with Crippen molar-refractivity contribution in [3.63, 3.8) is 0 Å². The van der Waals surface area contributed by atoms with Gasteiger partial charge in [-0.1, -0.05) is 24.4 Å². The van der Waals surface area contributed by atoms with Gasteiger partial charge in [-0.25, -0.2) is 4.79 Å². The fourth-order valence-corrected chi connectivity index (χ4v) is 4.49. The molecule has 2 aliphatic rings. The molecule has 0 aromatic carbocycles. The maximum Gasteiger partial charge on any atom is 0.325 e. The van der Waals surface area contributed by atoms with Gasteiger partial charge in [-0.15, -0.1) is 11.3 Å².